The first-order chi connectivity index (χ1) is 13.4. The van der Waals surface area contributed by atoms with Crippen molar-refractivity contribution in [2.45, 2.75) is 60.8 Å². The molecule has 0 fully saturated rings. The van der Waals surface area contributed by atoms with E-state index < -0.39 is 5.41 Å². The molecule has 29 heavy (non-hydrogen) atoms. The molecule has 0 aliphatic heterocycles. The molecule has 0 amide bonds. The quantitative estimate of drug-likeness (QED) is 0.320. The van der Waals surface area contributed by atoms with Gasteiger partial charge in [-0.1, -0.05) is 29.3 Å². The maximum absolute atomic E-state index is 11.8. The van der Waals surface area contributed by atoms with E-state index >= 15 is 0 Å². The van der Waals surface area contributed by atoms with Crippen molar-refractivity contribution < 1.29 is 24.5 Å². The monoisotopic (exact) mass is 422 g/mol. The highest BCUT2D eigenvalue weighted by atomic mass is 35.5. The number of phenols is 2. The summed E-state index contributed by atoms with van der Waals surface area (Å²) in [5.41, 5.74) is 2.21. The van der Waals surface area contributed by atoms with Gasteiger partial charge < -0.3 is 14.9 Å². The molecule has 0 aromatic heterocycles. The molecule has 160 valence electrons. The number of hydrogen-bond donors (Lipinski definition) is 2. The highest BCUT2D eigenvalue weighted by Gasteiger charge is 2.22. The zero-order chi connectivity index (χ0) is 22.4. The summed E-state index contributed by atoms with van der Waals surface area (Å²) >= 11 is 6.07. The van der Waals surface area contributed by atoms with Crippen molar-refractivity contribution >= 4 is 23.9 Å². The van der Waals surface area contributed by atoms with Crippen LogP contribution in [0.5, 0.6) is 11.5 Å². The number of carbonyl (C=O) groups is 2. The molecule has 5 nitrogen and oxygen atoms in total. The second-order valence-electron chi connectivity index (χ2n) is 8.32. The van der Waals surface area contributed by atoms with Crippen molar-refractivity contribution in [3.8, 4) is 11.5 Å². The van der Waals surface area contributed by atoms with E-state index in [1.54, 1.807) is 6.92 Å². The van der Waals surface area contributed by atoms with E-state index in [0.29, 0.717) is 11.8 Å². The first-order valence-corrected chi connectivity index (χ1v) is 9.94. The topological polar surface area (TPSA) is 83.8 Å². The number of ether oxygens (including phenoxy) is 1. The summed E-state index contributed by atoms with van der Waals surface area (Å²) in [6.07, 6.45) is 6.25. The number of hydrogen-bond acceptors (Lipinski definition) is 5. The number of aromatic hydroxyl groups is 2. The molecule has 0 heterocycles. The van der Waals surface area contributed by atoms with Gasteiger partial charge in [-0.3, -0.25) is 9.59 Å². The third kappa shape index (κ3) is 6.93. The van der Waals surface area contributed by atoms with Gasteiger partial charge in [0.05, 0.1) is 16.0 Å². The van der Waals surface area contributed by atoms with Gasteiger partial charge in [-0.25, -0.2) is 0 Å². The Morgan fingerprint density at radius 3 is 2.28 bits per heavy atom. The summed E-state index contributed by atoms with van der Waals surface area (Å²) in [4.78, 5) is 23.0. The van der Waals surface area contributed by atoms with E-state index in [0.717, 1.165) is 24.0 Å². The minimum atomic E-state index is -0.515. The molecule has 0 bridgehead atoms. The van der Waals surface area contributed by atoms with Crippen molar-refractivity contribution in [3.05, 3.63) is 45.0 Å². The third-order valence-electron chi connectivity index (χ3n) is 4.62. The fourth-order valence-electron chi connectivity index (χ4n) is 2.60. The molecule has 1 aromatic carbocycles. The fourth-order valence-corrected chi connectivity index (χ4v) is 2.81. The maximum Gasteiger partial charge on any atom is 0.311 e. The Hall–Kier alpha value is -2.27. The average Bonchev–Trinajstić information content (AvgIpc) is 2.64. The van der Waals surface area contributed by atoms with Crippen molar-refractivity contribution in [1.82, 2.24) is 0 Å². The molecule has 0 radical (unpaired) electrons. The zero-order valence-corrected chi connectivity index (χ0v) is 18.8. The highest BCUT2D eigenvalue weighted by Crippen LogP contribution is 2.40. The molecule has 0 aliphatic carbocycles. The van der Waals surface area contributed by atoms with Crippen molar-refractivity contribution in [2.75, 3.05) is 6.61 Å². The molecule has 2 N–H and O–H groups in total. The Bertz CT molecular complexity index is 829. The first-order valence-electron chi connectivity index (χ1n) is 9.56. The van der Waals surface area contributed by atoms with E-state index in [2.05, 4.69) is 0 Å². The van der Waals surface area contributed by atoms with Gasteiger partial charge in [-0.05, 0) is 71.9 Å². The normalized spacial score (nSPS) is 12.8. The van der Waals surface area contributed by atoms with Crippen LogP contribution in [0, 0.1) is 12.3 Å². The molecule has 1 aromatic rings. The van der Waals surface area contributed by atoms with Crippen LogP contribution in [-0.2, 0) is 16.0 Å². The lowest BCUT2D eigenvalue weighted by Crippen LogP contribution is -2.23. The number of esters is 1. The molecule has 0 aliphatic rings. The molecular weight excluding hydrogens is 392 g/mol. The molecule has 0 unspecified atom stereocenters. The Morgan fingerprint density at radius 2 is 1.72 bits per heavy atom. The predicted molar refractivity (Wildman–Crippen MR) is 116 cm³/mol. The van der Waals surface area contributed by atoms with Gasteiger partial charge in [0.2, 0.25) is 0 Å². The molecule has 6 heteroatoms. The van der Waals surface area contributed by atoms with Crippen LogP contribution in [0.15, 0.2) is 23.3 Å². The predicted octanol–water partition coefficient (Wildman–Crippen LogP) is 5.68. The van der Waals surface area contributed by atoms with Gasteiger partial charge in [0, 0.05) is 5.56 Å². The second kappa shape index (κ2) is 10.5. The van der Waals surface area contributed by atoms with Crippen molar-refractivity contribution in [3.63, 3.8) is 0 Å². The summed E-state index contributed by atoms with van der Waals surface area (Å²) in [5, 5.41) is 20.6. The van der Waals surface area contributed by atoms with Crippen LogP contribution >= 0.6 is 11.6 Å². The number of halogens is 1. The number of benzene rings is 1. The smallest absolute Gasteiger partial charge is 0.311 e. The number of rotatable bonds is 8. The molecule has 1 rings (SSSR count). The number of allylic oxidation sites excluding steroid dienone is 3. The van der Waals surface area contributed by atoms with Gasteiger partial charge in [-0.15, -0.1) is 0 Å². The van der Waals surface area contributed by atoms with E-state index in [-0.39, 0.29) is 46.6 Å². The van der Waals surface area contributed by atoms with Gasteiger partial charge in [0.25, 0.3) is 0 Å². The van der Waals surface area contributed by atoms with E-state index in [1.807, 2.05) is 46.8 Å². The maximum atomic E-state index is 11.8. The Kier molecular flexibility index (Phi) is 8.96. The lowest BCUT2D eigenvalue weighted by Gasteiger charge is -2.16. The fraction of sp³-hybridized carbons (Fsp3) is 0.478. The van der Waals surface area contributed by atoms with Gasteiger partial charge in [-0.2, -0.15) is 0 Å². The second-order valence-corrected chi connectivity index (χ2v) is 8.69. The van der Waals surface area contributed by atoms with Crippen molar-refractivity contribution in [2.24, 2.45) is 5.41 Å². The molecule has 0 spiro atoms. The molecule has 0 saturated heterocycles. The SMILES string of the molecule is CC(=CCc1c(O)c(Cl)c(C)c(C=O)c1O)CCC=C(C)COC(=O)C(C)(C)C. The third-order valence-corrected chi connectivity index (χ3v) is 5.08. The summed E-state index contributed by atoms with van der Waals surface area (Å²) in [7, 11) is 0. The van der Waals surface area contributed by atoms with Gasteiger partial charge >= 0.3 is 5.97 Å². The van der Waals surface area contributed by atoms with Crippen molar-refractivity contribution in [1.29, 1.82) is 0 Å². The summed E-state index contributed by atoms with van der Waals surface area (Å²) in [6.45, 7) is 11.2. The zero-order valence-electron chi connectivity index (χ0n) is 18.1. The standard InChI is InChI=1S/C23H31ClO5/c1-14(8-7-9-15(2)13-29-22(28)23(4,5)6)10-11-17-20(26)18(12-25)16(3)19(24)21(17)27/h9-10,12,26-27H,7-8,11,13H2,1-6H3. The molecular formula is C23H31ClO5. The van der Waals surface area contributed by atoms with Crippen LogP contribution in [0.3, 0.4) is 0 Å². The van der Waals surface area contributed by atoms with Gasteiger partial charge in [0.1, 0.15) is 18.1 Å². The number of phenolic OH excluding ortho intramolecular Hbond substituents is 2. The van der Waals surface area contributed by atoms with Crippen LogP contribution in [0.25, 0.3) is 0 Å². The summed E-state index contributed by atoms with van der Waals surface area (Å²) in [6, 6.07) is 0. The molecule has 0 saturated carbocycles. The Morgan fingerprint density at radius 1 is 1.10 bits per heavy atom. The number of carbonyl (C=O) groups excluding carboxylic acids is 2. The van der Waals surface area contributed by atoms with E-state index in [4.69, 9.17) is 16.3 Å². The van der Waals surface area contributed by atoms with Crippen LogP contribution in [0.2, 0.25) is 5.02 Å². The lowest BCUT2D eigenvalue weighted by atomic mass is 9.97. The van der Waals surface area contributed by atoms with Crippen LogP contribution in [0.4, 0.5) is 0 Å². The van der Waals surface area contributed by atoms with Gasteiger partial charge in [0.15, 0.2) is 6.29 Å². The van der Waals surface area contributed by atoms with E-state index in [9.17, 15) is 19.8 Å². The van der Waals surface area contributed by atoms with Crippen LogP contribution in [0.1, 0.15) is 68.9 Å². The van der Waals surface area contributed by atoms with Crippen LogP contribution < -0.4 is 0 Å². The lowest BCUT2D eigenvalue weighted by molar-refractivity contribution is -0.151. The van der Waals surface area contributed by atoms with E-state index in [1.165, 1.54) is 0 Å². The number of aldehydes is 1. The highest BCUT2D eigenvalue weighted by molar-refractivity contribution is 6.33. The minimum Gasteiger partial charge on any atom is -0.507 e. The summed E-state index contributed by atoms with van der Waals surface area (Å²) < 4.78 is 5.28. The average molecular weight is 423 g/mol. The molecule has 0 atom stereocenters. The Labute approximate surface area is 178 Å². The van der Waals surface area contributed by atoms with Crippen LogP contribution in [-0.4, -0.2) is 29.1 Å². The Balaban J connectivity index is 2.71. The first kappa shape index (κ1) is 24.8. The minimum absolute atomic E-state index is 0.0781. The largest absolute Gasteiger partial charge is 0.507 e. The summed E-state index contributed by atoms with van der Waals surface area (Å²) in [5.74, 6) is -0.667.